The van der Waals surface area contributed by atoms with E-state index >= 15 is 0 Å². The maximum absolute atomic E-state index is 12.7. The van der Waals surface area contributed by atoms with Gasteiger partial charge < -0.3 is 9.47 Å². The van der Waals surface area contributed by atoms with E-state index in [1.54, 1.807) is 10.6 Å². The summed E-state index contributed by atoms with van der Waals surface area (Å²) in [6.07, 6.45) is 2.96. The number of nitrogens with zero attached hydrogens (tertiary/aromatic N) is 2. The van der Waals surface area contributed by atoms with Crippen molar-refractivity contribution in [2.75, 3.05) is 13.2 Å². The lowest BCUT2D eigenvalue weighted by Crippen LogP contribution is -2.28. The van der Waals surface area contributed by atoms with Crippen LogP contribution >= 0.6 is 0 Å². The van der Waals surface area contributed by atoms with Gasteiger partial charge in [-0.2, -0.15) is 0 Å². The zero-order chi connectivity index (χ0) is 14.8. The lowest BCUT2D eigenvalue weighted by Gasteiger charge is -2.19. The van der Waals surface area contributed by atoms with Gasteiger partial charge >= 0.3 is 0 Å². The molecule has 0 spiro atoms. The summed E-state index contributed by atoms with van der Waals surface area (Å²) in [5.74, 6) is 2.15. The van der Waals surface area contributed by atoms with Crippen molar-refractivity contribution in [2.45, 2.75) is 39.7 Å². The SMILES string of the molecule is CCOc1cc(OCC)c2nc3n(c(=O)c2c1)CCCC3. The van der Waals surface area contributed by atoms with Crippen LogP contribution in [-0.2, 0) is 13.0 Å². The molecule has 2 aromatic rings. The fourth-order valence-electron chi connectivity index (χ4n) is 2.80. The average Bonchev–Trinajstić information content (AvgIpc) is 2.49. The van der Waals surface area contributed by atoms with Crippen LogP contribution in [0.15, 0.2) is 16.9 Å². The van der Waals surface area contributed by atoms with Crippen LogP contribution in [0.4, 0.5) is 0 Å². The van der Waals surface area contributed by atoms with E-state index in [0.717, 1.165) is 31.6 Å². The van der Waals surface area contributed by atoms with Gasteiger partial charge in [-0.3, -0.25) is 9.36 Å². The maximum Gasteiger partial charge on any atom is 0.261 e. The van der Waals surface area contributed by atoms with E-state index in [4.69, 9.17) is 9.47 Å². The Morgan fingerprint density at radius 2 is 2.00 bits per heavy atom. The number of rotatable bonds is 4. The molecule has 3 rings (SSSR count). The Labute approximate surface area is 123 Å². The van der Waals surface area contributed by atoms with E-state index in [2.05, 4.69) is 4.98 Å². The highest BCUT2D eigenvalue weighted by molar-refractivity contribution is 5.85. The number of hydrogen-bond acceptors (Lipinski definition) is 4. The molecule has 1 aliphatic heterocycles. The fraction of sp³-hybridized carbons (Fsp3) is 0.500. The third-order valence-electron chi connectivity index (χ3n) is 3.72. The molecule has 5 heteroatoms. The van der Waals surface area contributed by atoms with E-state index < -0.39 is 0 Å². The molecule has 0 saturated carbocycles. The minimum absolute atomic E-state index is 0.0113. The zero-order valence-electron chi connectivity index (χ0n) is 12.5. The topological polar surface area (TPSA) is 53.4 Å². The number of benzene rings is 1. The van der Waals surface area contributed by atoms with Crippen molar-refractivity contribution in [1.29, 1.82) is 0 Å². The van der Waals surface area contributed by atoms with Crippen LogP contribution in [-0.4, -0.2) is 22.8 Å². The molecule has 0 atom stereocenters. The summed E-state index contributed by atoms with van der Waals surface area (Å²) in [5.41, 5.74) is 0.663. The quantitative estimate of drug-likeness (QED) is 0.867. The molecule has 0 bridgehead atoms. The first-order valence-electron chi connectivity index (χ1n) is 7.57. The van der Waals surface area contributed by atoms with Crippen molar-refractivity contribution in [2.24, 2.45) is 0 Å². The smallest absolute Gasteiger partial charge is 0.261 e. The van der Waals surface area contributed by atoms with Crippen molar-refractivity contribution in [3.8, 4) is 11.5 Å². The van der Waals surface area contributed by atoms with E-state index in [1.165, 1.54) is 0 Å². The van der Waals surface area contributed by atoms with Crippen molar-refractivity contribution in [1.82, 2.24) is 9.55 Å². The summed E-state index contributed by atoms with van der Waals surface area (Å²) in [7, 11) is 0. The summed E-state index contributed by atoms with van der Waals surface area (Å²) in [6.45, 7) is 5.68. The van der Waals surface area contributed by atoms with E-state index in [1.807, 2.05) is 19.9 Å². The predicted octanol–water partition coefficient (Wildman–Crippen LogP) is 2.53. The molecule has 0 radical (unpaired) electrons. The van der Waals surface area contributed by atoms with Crippen LogP contribution in [0.3, 0.4) is 0 Å². The van der Waals surface area contributed by atoms with Crippen molar-refractivity contribution in [3.05, 3.63) is 28.3 Å². The summed E-state index contributed by atoms with van der Waals surface area (Å²) in [4.78, 5) is 17.4. The zero-order valence-corrected chi connectivity index (χ0v) is 12.5. The van der Waals surface area contributed by atoms with Crippen LogP contribution < -0.4 is 15.0 Å². The summed E-state index contributed by atoms with van der Waals surface area (Å²) in [5, 5.41) is 0.579. The second-order valence-electron chi connectivity index (χ2n) is 5.13. The first-order chi connectivity index (χ1) is 10.2. The van der Waals surface area contributed by atoms with Crippen LogP contribution in [0.1, 0.15) is 32.5 Å². The summed E-state index contributed by atoms with van der Waals surface area (Å²) in [6, 6.07) is 3.60. The van der Waals surface area contributed by atoms with Crippen molar-refractivity contribution >= 4 is 10.9 Å². The molecule has 5 nitrogen and oxygen atoms in total. The highest BCUT2D eigenvalue weighted by Gasteiger charge is 2.18. The third kappa shape index (κ3) is 2.48. The Balaban J connectivity index is 2.27. The number of fused-ring (bicyclic) bond motifs is 2. The fourth-order valence-corrected chi connectivity index (χ4v) is 2.80. The van der Waals surface area contributed by atoms with Gasteiger partial charge in [-0.1, -0.05) is 0 Å². The van der Waals surface area contributed by atoms with E-state index in [-0.39, 0.29) is 5.56 Å². The number of aromatic nitrogens is 2. The molecule has 2 heterocycles. The molecule has 1 aliphatic rings. The molecule has 1 aromatic carbocycles. The second kappa shape index (κ2) is 5.76. The molecule has 0 aliphatic carbocycles. The minimum atomic E-state index is 0.0113. The summed E-state index contributed by atoms with van der Waals surface area (Å²) >= 11 is 0. The molecule has 0 amide bonds. The van der Waals surface area contributed by atoms with Crippen LogP contribution in [0.25, 0.3) is 10.9 Å². The van der Waals surface area contributed by atoms with Crippen LogP contribution in [0, 0.1) is 0 Å². The van der Waals surface area contributed by atoms with Gasteiger partial charge in [-0.05, 0) is 32.8 Å². The Morgan fingerprint density at radius 3 is 2.76 bits per heavy atom. The first-order valence-corrected chi connectivity index (χ1v) is 7.57. The van der Waals surface area contributed by atoms with Gasteiger partial charge in [0.25, 0.3) is 5.56 Å². The van der Waals surface area contributed by atoms with Gasteiger partial charge in [0.1, 0.15) is 22.8 Å². The predicted molar refractivity (Wildman–Crippen MR) is 81.3 cm³/mol. The monoisotopic (exact) mass is 288 g/mol. The number of hydrogen-bond donors (Lipinski definition) is 0. The second-order valence-corrected chi connectivity index (χ2v) is 5.13. The third-order valence-corrected chi connectivity index (χ3v) is 3.72. The normalized spacial score (nSPS) is 14.0. The Kier molecular flexibility index (Phi) is 3.82. The first kappa shape index (κ1) is 13.9. The standard InChI is InChI=1S/C16H20N2O3/c1-3-20-11-9-12-15(13(10-11)21-4-2)17-14-7-5-6-8-18(14)16(12)19/h9-10H,3-8H2,1-2H3. The maximum atomic E-state index is 12.7. The largest absolute Gasteiger partial charge is 0.494 e. The highest BCUT2D eigenvalue weighted by atomic mass is 16.5. The van der Waals surface area contributed by atoms with Gasteiger partial charge in [0.15, 0.2) is 0 Å². The lowest BCUT2D eigenvalue weighted by molar-refractivity contribution is 0.325. The average molecular weight is 288 g/mol. The summed E-state index contributed by atoms with van der Waals surface area (Å²) < 4.78 is 13.0. The van der Waals surface area contributed by atoms with Gasteiger partial charge in [0.05, 0.1) is 18.6 Å². The molecular formula is C16H20N2O3. The Bertz CT molecular complexity index is 722. The number of ether oxygens (including phenoxy) is 2. The molecule has 112 valence electrons. The highest BCUT2D eigenvalue weighted by Crippen LogP contribution is 2.29. The van der Waals surface area contributed by atoms with E-state index in [0.29, 0.717) is 35.6 Å². The Hall–Kier alpha value is -2.04. The molecule has 0 saturated heterocycles. The molecule has 0 N–H and O–H groups in total. The van der Waals surface area contributed by atoms with Gasteiger partial charge in [0, 0.05) is 19.0 Å². The van der Waals surface area contributed by atoms with Crippen molar-refractivity contribution < 1.29 is 9.47 Å². The molecule has 21 heavy (non-hydrogen) atoms. The molecule has 1 aromatic heterocycles. The van der Waals surface area contributed by atoms with Crippen LogP contribution in [0.2, 0.25) is 0 Å². The van der Waals surface area contributed by atoms with Gasteiger partial charge in [-0.25, -0.2) is 4.98 Å². The van der Waals surface area contributed by atoms with Crippen molar-refractivity contribution in [3.63, 3.8) is 0 Å². The van der Waals surface area contributed by atoms with Gasteiger partial charge in [0.2, 0.25) is 0 Å². The van der Waals surface area contributed by atoms with Crippen LogP contribution in [0.5, 0.6) is 11.5 Å². The lowest BCUT2D eigenvalue weighted by atomic mass is 10.1. The minimum Gasteiger partial charge on any atom is -0.494 e. The Morgan fingerprint density at radius 1 is 1.19 bits per heavy atom. The number of aryl methyl sites for hydroxylation is 1. The molecule has 0 fully saturated rings. The van der Waals surface area contributed by atoms with E-state index in [9.17, 15) is 4.79 Å². The molecular weight excluding hydrogens is 268 g/mol. The van der Waals surface area contributed by atoms with Gasteiger partial charge in [-0.15, -0.1) is 0 Å². The molecule has 0 unspecified atom stereocenters.